The molecule has 1 amide bonds. The van der Waals surface area contributed by atoms with Crippen molar-refractivity contribution < 1.29 is 4.79 Å². The number of hydrogen-bond donors (Lipinski definition) is 0. The van der Waals surface area contributed by atoms with Crippen molar-refractivity contribution in [3.05, 3.63) is 0 Å². The third kappa shape index (κ3) is 4.64. The highest BCUT2D eigenvalue weighted by molar-refractivity contribution is 5.73. The van der Waals surface area contributed by atoms with E-state index in [1.54, 1.807) is 6.92 Å². The van der Waals surface area contributed by atoms with Crippen LogP contribution in [0.5, 0.6) is 0 Å². The molecule has 0 N–H and O–H groups in total. The summed E-state index contributed by atoms with van der Waals surface area (Å²) in [6.07, 6.45) is 4.97. The van der Waals surface area contributed by atoms with Crippen LogP contribution in [0.2, 0.25) is 0 Å². The molecular formula is C12H25NO. The first kappa shape index (κ1) is 13.5. The van der Waals surface area contributed by atoms with E-state index in [-0.39, 0.29) is 5.91 Å². The summed E-state index contributed by atoms with van der Waals surface area (Å²) >= 11 is 0. The van der Waals surface area contributed by atoms with Crippen molar-refractivity contribution in [2.24, 2.45) is 5.92 Å². The largest absolute Gasteiger partial charge is 0.343 e. The van der Waals surface area contributed by atoms with Crippen LogP contribution in [0.25, 0.3) is 0 Å². The molecule has 2 nitrogen and oxygen atoms in total. The van der Waals surface area contributed by atoms with Gasteiger partial charge in [0.15, 0.2) is 0 Å². The maximum atomic E-state index is 11.1. The highest BCUT2D eigenvalue weighted by atomic mass is 16.2. The van der Waals surface area contributed by atoms with Gasteiger partial charge in [-0.05, 0) is 25.2 Å². The summed E-state index contributed by atoms with van der Waals surface area (Å²) in [7, 11) is 0. The number of rotatable bonds is 1. The SMILES string of the molecule is CC.CCC1CCCN(C(C)=O)CC1. The van der Waals surface area contributed by atoms with Gasteiger partial charge in [0.1, 0.15) is 0 Å². The van der Waals surface area contributed by atoms with E-state index >= 15 is 0 Å². The molecule has 0 aromatic rings. The Morgan fingerprint density at radius 1 is 1.29 bits per heavy atom. The van der Waals surface area contributed by atoms with Gasteiger partial charge in [-0.1, -0.05) is 27.2 Å². The second kappa shape index (κ2) is 7.84. The van der Waals surface area contributed by atoms with Crippen LogP contribution in [-0.2, 0) is 4.79 Å². The summed E-state index contributed by atoms with van der Waals surface area (Å²) in [5.41, 5.74) is 0. The first-order valence-corrected chi connectivity index (χ1v) is 5.99. The van der Waals surface area contributed by atoms with Gasteiger partial charge >= 0.3 is 0 Å². The van der Waals surface area contributed by atoms with Crippen molar-refractivity contribution in [3.8, 4) is 0 Å². The lowest BCUT2D eigenvalue weighted by molar-refractivity contribution is -0.128. The molecule has 1 aliphatic heterocycles. The first-order valence-electron chi connectivity index (χ1n) is 5.99. The summed E-state index contributed by atoms with van der Waals surface area (Å²) in [4.78, 5) is 13.1. The highest BCUT2D eigenvalue weighted by Crippen LogP contribution is 2.19. The van der Waals surface area contributed by atoms with Crippen molar-refractivity contribution in [2.75, 3.05) is 13.1 Å². The minimum Gasteiger partial charge on any atom is -0.343 e. The second-order valence-corrected chi connectivity index (χ2v) is 3.71. The quantitative estimate of drug-likeness (QED) is 0.635. The number of hydrogen-bond acceptors (Lipinski definition) is 1. The molecule has 1 heterocycles. The van der Waals surface area contributed by atoms with Crippen molar-refractivity contribution in [3.63, 3.8) is 0 Å². The molecule has 0 aliphatic carbocycles. The normalized spacial score (nSPS) is 22.0. The van der Waals surface area contributed by atoms with E-state index in [2.05, 4.69) is 6.92 Å². The molecule has 0 aromatic heterocycles. The van der Waals surface area contributed by atoms with Gasteiger partial charge in [-0.3, -0.25) is 4.79 Å². The molecule has 0 spiro atoms. The molecule has 1 unspecified atom stereocenters. The predicted molar refractivity (Wildman–Crippen MR) is 61.2 cm³/mol. The van der Waals surface area contributed by atoms with Crippen molar-refractivity contribution in [2.45, 2.75) is 53.4 Å². The summed E-state index contributed by atoms with van der Waals surface area (Å²) in [5.74, 6) is 1.10. The predicted octanol–water partition coefficient (Wildman–Crippen LogP) is 3.07. The van der Waals surface area contributed by atoms with Gasteiger partial charge in [0, 0.05) is 20.0 Å². The van der Waals surface area contributed by atoms with Gasteiger partial charge in [-0.2, -0.15) is 0 Å². The van der Waals surface area contributed by atoms with Crippen molar-refractivity contribution in [1.82, 2.24) is 4.90 Å². The Bertz CT molecular complexity index is 156. The van der Waals surface area contributed by atoms with Crippen LogP contribution >= 0.6 is 0 Å². The molecule has 1 rings (SSSR count). The molecule has 0 bridgehead atoms. The lowest BCUT2D eigenvalue weighted by atomic mass is 9.98. The van der Waals surface area contributed by atoms with E-state index in [1.807, 2.05) is 18.7 Å². The third-order valence-electron chi connectivity index (χ3n) is 2.87. The van der Waals surface area contributed by atoms with Crippen LogP contribution in [0.3, 0.4) is 0 Å². The molecule has 0 saturated carbocycles. The monoisotopic (exact) mass is 199 g/mol. The molecule has 2 heteroatoms. The number of carbonyl (C=O) groups excluding carboxylic acids is 1. The van der Waals surface area contributed by atoms with Gasteiger partial charge in [0.05, 0.1) is 0 Å². The van der Waals surface area contributed by atoms with Crippen LogP contribution in [-0.4, -0.2) is 23.9 Å². The second-order valence-electron chi connectivity index (χ2n) is 3.71. The third-order valence-corrected chi connectivity index (χ3v) is 2.87. The number of likely N-dealkylation sites (tertiary alicyclic amines) is 1. The summed E-state index contributed by atoms with van der Waals surface area (Å²) < 4.78 is 0. The van der Waals surface area contributed by atoms with Crippen LogP contribution in [0, 0.1) is 5.92 Å². The van der Waals surface area contributed by atoms with Gasteiger partial charge in [-0.25, -0.2) is 0 Å². The molecular weight excluding hydrogens is 174 g/mol. The van der Waals surface area contributed by atoms with E-state index in [4.69, 9.17) is 0 Å². The Balaban J connectivity index is 0.000000791. The Labute approximate surface area is 88.7 Å². The number of nitrogens with zero attached hydrogens (tertiary/aromatic N) is 1. The lowest BCUT2D eigenvalue weighted by Crippen LogP contribution is -2.29. The molecule has 84 valence electrons. The fourth-order valence-electron chi connectivity index (χ4n) is 1.89. The average Bonchev–Trinajstić information content (AvgIpc) is 2.45. The van der Waals surface area contributed by atoms with E-state index in [9.17, 15) is 4.79 Å². The molecule has 1 saturated heterocycles. The minimum absolute atomic E-state index is 0.242. The molecule has 0 aromatic carbocycles. The zero-order valence-corrected chi connectivity index (χ0v) is 10.2. The molecule has 1 atom stereocenters. The highest BCUT2D eigenvalue weighted by Gasteiger charge is 2.16. The molecule has 0 radical (unpaired) electrons. The Hall–Kier alpha value is -0.530. The summed E-state index contributed by atoms with van der Waals surface area (Å²) in [6.45, 7) is 9.88. The Morgan fingerprint density at radius 2 is 1.93 bits per heavy atom. The maximum Gasteiger partial charge on any atom is 0.219 e. The van der Waals surface area contributed by atoms with E-state index in [0.717, 1.165) is 19.0 Å². The number of amides is 1. The van der Waals surface area contributed by atoms with Gasteiger partial charge < -0.3 is 4.90 Å². The molecule has 1 aliphatic rings. The smallest absolute Gasteiger partial charge is 0.219 e. The van der Waals surface area contributed by atoms with E-state index < -0.39 is 0 Å². The topological polar surface area (TPSA) is 20.3 Å². The van der Waals surface area contributed by atoms with Crippen molar-refractivity contribution in [1.29, 1.82) is 0 Å². The van der Waals surface area contributed by atoms with Crippen LogP contribution in [0.1, 0.15) is 53.4 Å². The average molecular weight is 199 g/mol. The van der Waals surface area contributed by atoms with E-state index in [0.29, 0.717) is 0 Å². The fraction of sp³-hybridized carbons (Fsp3) is 0.917. The molecule has 14 heavy (non-hydrogen) atoms. The standard InChI is InChI=1S/C10H19NO.C2H6/c1-3-10-5-4-7-11(8-6-10)9(2)12;1-2/h10H,3-8H2,1-2H3;1-2H3. The van der Waals surface area contributed by atoms with Crippen LogP contribution < -0.4 is 0 Å². The van der Waals surface area contributed by atoms with Crippen LogP contribution in [0.4, 0.5) is 0 Å². The molecule has 1 fully saturated rings. The lowest BCUT2D eigenvalue weighted by Gasteiger charge is -2.17. The number of carbonyl (C=O) groups is 1. The maximum absolute atomic E-state index is 11.1. The van der Waals surface area contributed by atoms with Crippen LogP contribution in [0.15, 0.2) is 0 Å². The summed E-state index contributed by atoms with van der Waals surface area (Å²) in [5, 5.41) is 0. The van der Waals surface area contributed by atoms with E-state index in [1.165, 1.54) is 25.7 Å². The zero-order chi connectivity index (χ0) is 11.0. The minimum atomic E-state index is 0.242. The summed E-state index contributed by atoms with van der Waals surface area (Å²) in [6, 6.07) is 0. The van der Waals surface area contributed by atoms with Gasteiger partial charge in [0.25, 0.3) is 0 Å². The zero-order valence-electron chi connectivity index (χ0n) is 10.2. The van der Waals surface area contributed by atoms with Gasteiger partial charge in [0.2, 0.25) is 5.91 Å². The Kier molecular flexibility index (Phi) is 7.54. The fourth-order valence-corrected chi connectivity index (χ4v) is 1.89. The first-order chi connectivity index (χ1) is 6.74. The van der Waals surface area contributed by atoms with Crippen molar-refractivity contribution >= 4 is 5.91 Å². The van der Waals surface area contributed by atoms with Gasteiger partial charge in [-0.15, -0.1) is 0 Å². The Morgan fingerprint density at radius 3 is 2.43 bits per heavy atom.